The van der Waals surface area contributed by atoms with Crippen LogP contribution < -0.4 is 0 Å². The first-order valence-corrected chi connectivity index (χ1v) is 7.52. The van der Waals surface area contributed by atoms with Crippen molar-refractivity contribution in [2.45, 2.75) is 47.0 Å². The van der Waals surface area contributed by atoms with E-state index in [-0.39, 0.29) is 0 Å². The molecule has 20 heavy (non-hydrogen) atoms. The molecule has 1 aromatic rings. The monoisotopic (exact) mass is 267 g/mol. The molecule has 0 spiro atoms. The van der Waals surface area contributed by atoms with E-state index in [1.807, 2.05) is 6.92 Å². The van der Waals surface area contributed by atoms with Crippen molar-refractivity contribution in [3.63, 3.8) is 0 Å². The second kappa shape index (κ2) is 6.69. The first-order valence-electron chi connectivity index (χ1n) is 7.52. The highest BCUT2D eigenvalue weighted by molar-refractivity contribution is 5.95. The van der Waals surface area contributed by atoms with Crippen molar-refractivity contribution in [1.29, 1.82) is 0 Å². The Bertz CT molecular complexity index is 540. The summed E-state index contributed by atoms with van der Waals surface area (Å²) in [6, 6.07) is 8.75. The summed E-state index contributed by atoms with van der Waals surface area (Å²) in [5, 5.41) is 0. The van der Waals surface area contributed by atoms with Crippen LogP contribution in [0, 0.1) is 0 Å². The van der Waals surface area contributed by atoms with Crippen molar-refractivity contribution < 1.29 is 0 Å². The lowest BCUT2D eigenvalue weighted by Gasteiger charge is -2.18. The first kappa shape index (κ1) is 14.8. The highest BCUT2D eigenvalue weighted by Crippen LogP contribution is 2.24. The first-order chi connectivity index (χ1) is 9.60. The highest BCUT2D eigenvalue weighted by Gasteiger charge is 2.10. The molecule has 0 bridgehead atoms. The van der Waals surface area contributed by atoms with Crippen LogP contribution in [0.2, 0.25) is 0 Å². The predicted octanol–water partition coefficient (Wildman–Crippen LogP) is 4.92. The van der Waals surface area contributed by atoms with Gasteiger partial charge in [0.1, 0.15) is 0 Å². The quantitative estimate of drug-likeness (QED) is 0.640. The SMILES string of the molecule is CC1=C(C)Cc2ccccc2C1.CCC1=CC(C)=NC1. The molecule has 106 valence electrons. The van der Waals surface area contributed by atoms with Crippen molar-refractivity contribution >= 4 is 5.71 Å². The van der Waals surface area contributed by atoms with Gasteiger partial charge in [-0.3, -0.25) is 4.99 Å². The molecule has 1 nitrogen and oxygen atoms in total. The number of nitrogens with zero attached hydrogens (tertiary/aromatic N) is 1. The molecule has 0 saturated heterocycles. The highest BCUT2D eigenvalue weighted by atomic mass is 14.7. The molecular formula is C19H25N. The molecular weight excluding hydrogens is 242 g/mol. The average molecular weight is 267 g/mol. The standard InChI is InChI=1S/C12H14.C7H11N/c1-9-7-11-5-3-4-6-12(11)8-10(9)2;1-3-7-4-6(2)8-5-7/h3-6H,7-8H2,1-2H3;4H,3,5H2,1-2H3. The minimum Gasteiger partial charge on any atom is -0.286 e. The molecule has 0 atom stereocenters. The van der Waals surface area contributed by atoms with E-state index in [2.05, 4.69) is 56.1 Å². The number of rotatable bonds is 1. The third kappa shape index (κ3) is 3.69. The van der Waals surface area contributed by atoms with E-state index < -0.39 is 0 Å². The van der Waals surface area contributed by atoms with Gasteiger partial charge < -0.3 is 0 Å². The van der Waals surface area contributed by atoms with Crippen LogP contribution in [0.1, 0.15) is 45.2 Å². The van der Waals surface area contributed by atoms with Gasteiger partial charge in [0.2, 0.25) is 0 Å². The summed E-state index contributed by atoms with van der Waals surface area (Å²) in [7, 11) is 0. The van der Waals surface area contributed by atoms with Crippen molar-refractivity contribution in [1.82, 2.24) is 0 Å². The predicted molar refractivity (Wildman–Crippen MR) is 88.6 cm³/mol. The van der Waals surface area contributed by atoms with Crippen molar-refractivity contribution in [3.05, 3.63) is 58.2 Å². The Labute approximate surface area is 123 Å². The third-order valence-electron chi connectivity index (χ3n) is 4.16. The molecule has 1 aromatic carbocycles. The molecule has 0 fully saturated rings. The molecule has 1 heterocycles. The van der Waals surface area contributed by atoms with Gasteiger partial charge in [-0.15, -0.1) is 0 Å². The molecule has 0 radical (unpaired) electrons. The van der Waals surface area contributed by atoms with E-state index in [1.165, 1.54) is 22.4 Å². The van der Waals surface area contributed by atoms with Crippen molar-refractivity contribution in [3.8, 4) is 0 Å². The van der Waals surface area contributed by atoms with Gasteiger partial charge in [0, 0.05) is 5.71 Å². The molecule has 2 aliphatic rings. The van der Waals surface area contributed by atoms with Gasteiger partial charge in [-0.05, 0) is 62.8 Å². The number of aliphatic imine (C=N–C) groups is 1. The summed E-state index contributed by atoms with van der Waals surface area (Å²) >= 11 is 0. The van der Waals surface area contributed by atoms with Crippen LogP contribution in [-0.2, 0) is 12.8 Å². The van der Waals surface area contributed by atoms with Gasteiger partial charge in [0.05, 0.1) is 6.54 Å². The summed E-state index contributed by atoms with van der Waals surface area (Å²) in [5.41, 5.74) is 8.77. The Balaban J connectivity index is 0.000000160. The zero-order valence-electron chi connectivity index (χ0n) is 13.2. The fourth-order valence-electron chi connectivity index (χ4n) is 2.60. The van der Waals surface area contributed by atoms with E-state index in [9.17, 15) is 0 Å². The Hall–Kier alpha value is -1.63. The summed E-state index contributed by atoms with van der Waals surface area (Å²) < 4.78 is 0. The summed E-state index contributed by atoms with van der Waals surface area (Å²) in [6.45, 7) is 9.64. The molecule has 1 aliphatic heterocycles. The van der Waals surface area contributed by atoms with Gasteiger partial charge in [0.25, 0.3) is 0 Å². The Morgan fingerprint density at radius 2 is 1.50 bits per heavy atom. The summed E-state index contributed by atoms with van der Waals surface area (Å²) in [4.78, 5) is 4.21. The Morgan fingerprint density at radius 3 is 1.85 bits per heavy atom. The fraction of sp³-hybridized carbons (Fsp3) is 0.421. The second-order valence-corrected chi connectivity index (χ2v) is 5.80. The van der Waals surface area contributed by atoms with E-state index in [0.717, 1.165) is 25.8 Å². The van der Waals surface area contributed by atoms with Crippen molar-refractivity contribution in [2.24, 2.45) is 4.99 Å². The molecule has 3 rings (SSSR count). The number of allylic oxidation sites excluding steroid dienone is 3. The second-order valence-electron chi connectivity index (χ2n) is 5.80. The lowest BCUT2D eigenvalue weighted by Crippen LogP contribution is -2.04. The normalized spacial score (nSPS) is 17.0. The molecule has 0 aromatic heterocycles. The zero-order chi connectivity index (χ0) is 14.5. The minimum absolute atomic E-state index is 0.947. The number of hydrogen-bond acceptors (Lipinski definition) is 1. The van der Waals surface area contributed by atoms with E-state index in [0.29, 0.717) is 0 Å². The summed E-state index contributed by atoms with van der Waals surface area (Å²) in [6.07, 6.45) is 5.63. The maximum atomic E-state index is 4.21. The van der Waals surface area contributed by atoms with Gasteiger partial charge in [0.15, 0.2) is 0 Å². The van der Waals surface area contributed by atoms with Crippen LogP contribution in [0.5, 0.6) is 0 Å². The van der Waals surface area contributed by atoms with E-state index >= 15 is 0 Å². The minimum atomic E-state index is 0.947. The molecule has 0 saturated carbocycles. The van der Waals surface area contributed by atoms with Crippen LogP contribution >= 0.6 is 0 Å². The summed E-state index contributed by atoms with van der Waals surface area (Å²) in [5.74, 6) is 0. The number of hydrogen-bond donors (Lipinski definition) is 0. The molecule has 0 N–H and O–H groups in total. The van der Waals surface area contributed by atoms with Crippen LogP contribution in [0.4, 0.5) is 0 Å². The zero-order valence-corrected chi connectivity index (χ0v) is 13.2. The molecule has 0 amide bonds. The van der Waals surface area contributed by atoms with Crippen LogP contribution in [0.3, 0.4) is 0 Å². The molecule has 1 heteroatoms. The Kier molecular flexibility index (Phi) is 4.94. The van der Waals surface area contributed by atoms with Gasteiger partial charge >= 0.3 is 0 Å². The maximum absolute atomic E-state index is 4.21. The lowest BCUT2D eigenvalue weighted by atomic mass is 9.88. The van der Waals surface area contributed by atoms with Crippen LogP contribution in [-0.4, -0.2) is 12.3 Å². The smallest absolute Gasteiger partial charge is 0.0606 e. The van der Waals surface area contributed by atoms with Gasteiger partial charge in [-0.2, -0.15) is 0 Å². The van der Waals surface area contributed by atoms with Gasteiger partial charge in [-0.25, -0.2) is 0 Å². The molecule has 0 unspecified atom stereocenters. The largest absolute Gasteiger partial charge is 0.286 e. The van der Waals surface area contributed by atoms with E-state index in [1.54, 1.807) is 11.1 Å². The third-order valence-corrected chi connectivity index (χ3v) is 4.16. The van der Waals surface area contributed by atoms with E-state index in [4.69, 9.17) is 0 Å². The topological polar surface area (TPSA) is 12.4 Å². The number of benzene rings is 1. The van der Waals surface area contributed by atoms with Gasteiger partial charge in [-0.1, -0.05) is 42.3 Å². The van der Waals surface area contributed by atoms with Crippen LogP contribution in [0.15, 0.2) is 52.1 Å². The fourth-order valence-corrected chi connectivity index (χ4v) is 2.60. The van der Waals surface area contributed by atoms with Crippen molar-refractivity contribution in [2.75, 3.05) is 6.54 Å². The Morgan fingerprint density at radius 1 is 0.950 bits per heavy atom. The lowest BCUT2D eigenvalue weighted by molar-refractivity contribution is 0.952. The molecule has 1 aliphatic carbocycles. The average Bonchev–Trinajstić information content (AvgIpc) is 2.87. The number of fused-ring (bicyclic) bond motifs is 1. The van der Waals surface area contributed by atoms with Crippen LogP contribution in [0.25, 0.3) is 0 Å². The maximum Gasteiger partial charge on any atom is 0.0606 e.